The second-order valence-electron chi connectivity index (χ2n) is 2.12. The number of rotatable bonds is 4. The largest absolute Gasteiger partial charge is 0.330 e. The molecule has 10 heavy (non-hydrogen) atoms. The van der Waals surface area contributed by atoms with Crippen LogP contribution in [0.1, 0.15) is 19.8 Å². The Morgan fingerprint density at radius 2 is 2.30 bits per heavy atom. The van der Waals surface area contributed by atoms with Crippen molar-refractivity contribution in [3.05, 3.63) is 18.4 Å². The summed E-state index contributed by atoms with van der Waals surface area (Å²) in [5.41, 5.74) is 8.14. The van der Waals surface area contributed by atoms with Crippen LogP contribution in [0.2, 0.25) is 0 Å². The quantitative estimate of drug-likeness (QED) is 0.629. The Labute approximate surface area is 69.4 Å². The molecule has 0 bridgehead atoms. The van der Waals surface area contributed by atoms with Crippen molar-refractivity contribution in [3.63, 3.8) is 0 Å². The van der Waals surface area contributed by atoms with E-state index in [0.29, 0.717) is 5.92 Å². The molecule has 0 aromatic heterocycles. The first-order valence-corrected chi connectivity index (χ1v) is 3.41. The molecular weight excluding hydrogens is 146 g/mol. The zero-order chi connectivity index (χ0) is 7.11. The first kappa shape index (κ1) is 12.4. The fraction of sp³-hybridized carbons (Fsp3) is 0.625. The summed E-state index contributed by atoms with van der Waals surface area (Å²) in [4.78, 5) is 0. The number of nitrogens with two attached hydrogens (primary N) is 1. The predicted molar refractivity (Wildman–Crippen MR) is 48.4 cm³/mol. The summed E-state index contributed by atoms with van der Waals surface area (Å²) in [6, 6.07) is 0. The summed E-state index contributed by atoms with van der Waals surface area (Å²) >= 11 is 0. The molecule has 0 radical (unpaired) electrons. The van der Waals surface area contributed by atoms with Crippen molar-refractivity contribution in [1.29, 1.82) is 0 Å². The number of allylic oxidation sites excluding steroid dienone is 1. The van der Waals surface area contributed by atoms with Gasteiger partial charge >= 0.3 is 0 Å². The normalized spacial score (nSPS) is 11.0. The molecule has 2 heteroatoms. The highest BCUT2D eigenvalue weighted by Crippen LogP contribution is 2.06. The molecule has 0 rings (SSSR count). The number of halogens is 1. The van der Waals surface area contributed by atoms with E-state index < -0.39 is 0 Å². The van der Waals surface area contributed by atoms with Gasteiger partial charge in [0.25, 0.3) is 0 Å². The Morgan fingerprint density at radius 3 is 2.60 bits per heavy atom. The monoisotopic (exact) mass is 161 g/mol. The molecule has 0 saturated carbocycles. The molecule has 0 fully saturated rings. The molecule has 0 aliphatic rings. The first-order valence-electron chi connectivity index (χ1n) is 3.41. The molecule has 1 atom stereocenters. The second-order valence-corrected chi connectivity index (χ2v) is 2.12. The minimum Gasteiger partial charge on any atom is -0.330 e. The maximum Gasteiger partial charge on any atom is -0.00714 e. The lowest BCUT2D eigenvalue weighted by Crippen LogP contribution is -2.05. The molecule has 0 aromatic rings. The lowest BCUT2D eigenvalue weighted by molar-refractivity contribution is 0.581. The van der Waals surface area contributed by atoms with E-state index in [9.17, 15) is 0 Å². The van der Waals surface area contributed by atoms with E-state index >= 15 is 0 Å². The van der Waals surface area contributed by atoms with Gasteiger partial charge in [0, 0.05) is 0 Å². The van der Waals surface area contributed by atoms with Crippen LogP contribution < -0.4 is 5.73 Å². The second kappa shape index (κ2) is 8.77. The lowest BCUT2D eigenvalue weighted by Gasteiger charge is -2.04. The maximum atomic E-state index is 5.37. The van der Waals surface area contributed by atoms with E-state index in [1.165, 1.54) is 0 Å². The third-order valence-electron chi connectivity index (χ3n) is 1.42. The molecule has 0 aliphatic carbocycles. The average Bonchev–Trinajstić information content (AvgIpc) is 1.88. The van der Waals surface area contributed by atoms with Gasteiger partial charge in [-0.25, -0.2) is 0 Å². The minimum absolute atomic E-state index is 0. The van der Waals surface area contributed by atoms with Gasteiger partial charge in [-0.15, -0.1) is 18.1 Å². The van der Waals surface area contributed by atoms with Crippen molar-refractivity contribution in [2.45, 2.75) is 19.8 Å². The van der Waals surface area contributed by atoms with Crippen molar-refractivity contribution in [3.8, 4) is 0 Å². The van der Waals surface area contributed by atoms with E-state index in [-0.39, 0.29) is 12.4 Å². The molecule has 0 aliphatic heterocycles. The van der Waals surface area contributed by atoms with E-state index in [4.69, 9.17) is 5.73 Å². The molecular formula is C8H16ClN. The minimum atomic E-state index is 0. The molecule has 60 valence electrons. The third-order valence-corrected chi connectivity index (χ3v) is 1.42. The lowest BCUT2D eigenvalue weighted by atomic mass is 10.0. The van der Waals surface area contributed by atoms with Crippen LogP contribution in [0, 0.1) is 5.92 Å². The molecule has 0 aromatic carbocycles. The average molecular weight is 162 g/mol. The topological polar surface area (TPSA) is 26.0 Å². The van der Waals surface area contributed by atoms with Gasteiger partial charge in [0.2, 0.25) is 0 Å². The number of hydrogen-bond acceptors (Lipinski definition) is 1. The van der Waals surface area contributed by atoms with Crippen LogP contribution in [0.3, 0.4) is 0 Å². The first-order chi connectivity index (χ1) is 4.35. The van der Waals surface area contributed by atoms with Gasteiger partial charge in [0.15, 0.2) is 0 Å². The van der Waals surface area contributed by atoms with Crippen molar-refractivity contribution in [1.82, 2.24) is 0 Å². The van der Waals surface area contributed by atoms with E-state index in [1.807, 2.05) is 6.08 Å². The highest BCUT2D eigenvalue weighted by atomic mass is 35.5. The van der Waals surface area contributed by atoms with Crippen LogP contribution in [-0.4, -0.2) is 6.54 Å². The SMILES string of the molecule is C=C=CC(CC)CCN.Cl. The highest BCUT2D eigenvalue weighted by Gasteiger charge is 1.97. The number of hydrogen-bond donors (Lipinski definition) is 1. The van der Waals surface area contributed by atoms with Crippen LogP contribution in [0.4, 0.5) is 0 Å². The molecule has 1 unspecified atom stereocenters. The molecule has 0 amide bonds. The molecule has 2 N–H and O–H groups in total. The van der Waals surface area contributed by atoms with Crippen LogP contribution in [0.15, 0.2) is 18.4 Å². The van der Waals surface area contributed by atoms with E-state index in [2.05, 4.69) is 19.2 Å². The van der Waals surface area contributed by atoms with Crippen LogP contribution in [0.25, 0.3) is 0 Å². The van der Waals surface area contributed by atoms with Gasteiger partial charge in [0.1, 0.15) is 0 Å². The summed E-state index contributed by atoms with van der Waals surface area (Å²) in [5, 5.41) is 0. The summed E-state index contributed by atoms with van der Waals surface area (Å²) in [6.45, 7) is 6.42. The van der Waals surface area contributed by atoms with Crippen molar-refractivity contribution in [2.24, 2.45) is 11.7 Å². The molecule has 0 heterocycles. The van der Waals surface area contributed by atoms with E-state index in [0.717, 1.165) is 19.4 Å². The van der Waals surface area contributed by atoms with Crippen LogP contribution in [0.5, 0.6) is 0 Å². The molecule has 1 nitrogen and oxygen atoms in total. The fourth-order valence-corrected chi connectivity index (χ4v) is 0.786. The zero-order valence-corrected chi connectivity index (χ0v) is 7.29. The summed E-state index contributed by atoms with van der Waals surface area (Å²) < 4.78 is 0. The van der Waals surface area contributed by atoms with Gasteiger partial charge < -0.3 is 5.73 Å². The Kier molecular flexibility index (Phi) is 10.9. The van der Waals surface area contributed by atoms with Crippen LogP contribution >= 0.6 is 12.4 Å². The Balaban J connectivity index is 0. The highest BCUT2D eigenvalue weighted by molar-refractivity contribution is 5.85. The van der Waals surface area contributed by atoms with Crippen molar-refractivity contribution in [2.75, 3.05) is 6.54 Å². The zero-order valence-electron chi connectivity index (χ0n) is 6.47. The molecule has 0 saturated heterocycles. The molecule has 0 spiro atoms. The maximum absolute atomic E-state index is 5.37. The van der Waals surface area contributed by atoms with Crippen molar-refractivity contribution < 1.29 is 0 Å². The fourth-order valence-electron chi connectivity index (χ4n) is 0.786. The van der Waals surface area contributed by atoms with Gasteiger partial charge in [-0.2, -0.15) is 0 Å². The van der Waals surface area contributed by atoms with Crippen LogP contribution in [-0.2, 0) is 0 Å². The summed E-state index contributed by atoms with van der Waals surface area (Å²) in [5.74, 6) is 0.590. The van der Waals surface area contributed by atoms with Gasteiger partial charge in [0.05, 0.1) is 0 Å². The van der Waals surface area contributed by atoms with Crippen molar-refractivity contribution >= 4 is 12.4 Å². The smallest absolute Gasteiger partial charge is 0.00714 e. The van der Waals surface area contributed by atoms with Gasteiger partial charge in [-0.1, -0.05) is 13.5 Å². The standard InChI is InChI=1S/C8H15N.ClH/c1-3-5-8(4-2)6-7-9;/h5,8H,1,4,6-7,9H2,2H3;1H. The Bertz CT molecular complexity index is 106. The van der Waals surface area contributed by atoms with E-state index in [1.54, 1.807) is 0 Å². The predicted octanol–water partition coefficient (Wildman–Crippen LogP) is 2.12. The summed E-state index contributed by atoms with van der Waals surface area (Å²) in [7, 11) is 0. The van der Waals surface area contributed by atoms with Gasteiger partial charge in [-0.3, -0.25) is 0 Å². The van der Waals surface area contributed by atoms with Gasteiger partial charge in [-0.05, 0) is 31.4 Å². The summed E-state index contributed by atoms with van der Waals surface area (Å²) in [6.07, 6.45) is 4.19. The Morgan fingerprint density at radius 1 is 1.70 bits per heavy atom. The third kappa shape index (κ3) is 5.90. The Hall–Kier alpha value is -0.230.